The standard InChI is InChI=1S/C14H22N4O/c1-9(2)11-5-4-8-18(11)14-12(13(15)17-19)10(3)6-7-16-14/h6-7,9,11,19H,4-5,8H2,1-3H3,(H2,15,17). The van der Waals surface area contributed by atoms with Crippen LogP contribution < -0.4 is 10.6 Å². The molecule has 1 aliphatic heterocycles. The van der Waals surface area contributed by atoms with Crippen LogP contribution in [-0.4, -0.2) is 28.6 Å². The monoisotopic (exact) mass is 262 g/mol. The summed E-state index contributed by atoms with van der Waals surface area (Å²) in [5.74, 6) is 1.53. The third-order valence-electron chi connectivity index (χ3n) is 3.84. The van der Waals surface area contributed by atoms with E-state index in [0.717, 1.165) is 29.9 Å². The summed E-state index contributed by atoms with van der Waals surface area (Å²) in [6, 6.07) is 2.36. The molecule has 1 unspecified atom stereocenters. The summed E-state index contributed by atoms with van der Waals surface area (Å²) in [6.07, 6.45) is 4.12. The molecular formula is C14H22N4O. The van der Waals surface area contributed by atoms with Crippen molar-refractivity contribution >= 4 is 11.7 Å². The molecule has 0 spiro atoms. The topological polar surface area (TPSA) is 74.7 Å². The van der Waals surface area contributed by atoms with Gasteiger partial charge in [-0.3, -0.25) is 0 Å². The Bertz CT molecular complexity index is 484. The Kier molecular flexibility index (Phi) is 3.93. The van der Waals surface area contributed by atoms with Gasteiger partial charge in [0.2, 0.25) is 0 Å². The highest BCUT2D eigenvalue weighted by molar-refractivity contribution is 6.02. The van der Waals surface area contributed by atoms with Crippen LogP contribution in [0.5, 0.6) is 0 Å². The van der Waals surface area contributed by atoms with E-state index in [-0.39, 0.29) is 5.84 Å². The normalized spacial score (nSPS) is 20.3. The predicted molar refractivity (Wildman–Crippen MR) is 76.7 cm³/mol. The van der Waals surface area contributed by atoms with Crippen molar-refractivity contribution < 1.29 is 5.21 Å². The molecule has 19 heavy (non-hydrogen) atoms. The number of hydrogen-bond donors (Lipinski definition) is 2. The fraction of sp³-hybridized carbons (Fsp3) is 0.571. The van der Waals surface area contributed by atoms with Gasteiger partial charge in [0.25, 0.3) is 0 Å². The minimum atomic E-state index is 0.134. The molecule has 1 aliphatic rings. The number of anilines is 1. The molecule has 3 N–H and O–H groups in total. The number of hydrogen-bond acceptors (Lipinski definition) is 4. The molecule has 0 saturated carbocycles. The van der Waals surface area contributed by atoms with Crippen molar-refractivity contribution in [2.75, 3.05) is 11.4 Å². The van der Waals surface area contributed by atoms with E-state index >= 15 is 0 Å². The molecule has 1 aromatic rings. The Labute approximate surface area is 114 Å². The van der Waals surface area contributed by atoms with Gasteiger partial charge in [-0.05, 0) is 37.3 Å². The molecule has 104 valence electrons. The Morgan fingerprint density at radius 3 is 2.95 bits per heavy atom. The lowest BCUT2D eigenvalue weighted by Crippen LogP contribution is -2.36. The maximum atomic E-state index is 8.97. The molecular weight excluding hydrogens is 240 g/mol. The van der Waals surface area contributed by atoms with E-state index < -0.39 is 0 Å². The van der Waals surface area contributed by atoms with Crippen LogP contribution in [0.4, 0.5) is 5.82 Å². The van der Waals surface area contributed by atoms with Gasteiger partial charge in [0.15, 0.2) is 5.84 Å². The summed E-state index contributed by atoms with van der Waals surface area (Å²) in [5.41, 5.74) is 7.55. The number of oxime groups is 1. The third-order valence-corrected chi connectivity index (χ3v) is 3.84. The molecule has 1 fully saturated rings. The zero-order valence-electron chi connectivity index (χ0n) is 11.8. The minimum Gasteiger partial charge on any atom is -0.409 e. The van der Waals surface area contributed by atoms with Crippen molar-refractivity contribution in [2.45, 2.75) is 39.7 Å². The summed E-state index contributed by atoms with van der Waals surface area (Å²) in [5, 5.41) is 12.1. The zero-order valence-corrected chi connectivity index (χ0v) is 11.8. The van der Waals surface area contributed by atoms with Gasteiger partial charge in [0.05, 0.1) is 5.56 Å². The number of rotatable bonds is 3. The van der Waals surface area contributed by atoms with Crippen molar-refractivity contribution in [1.82, 2.24) is 4.98 Å². The van der Waals surface area contributed by atoms with Gasteiger partial charge in [0.1, 0.15) is 5.82 Å². The van der Waals surface area contributed by atoms with Gasteiger partial charge in [-0.1, -0.05) is 19.0 Å². The first kappa shape index (κ1) is 13.6. The molecule has 1 saturated heterocycles. The summed E-state index contributed by atoms with van der Waals surface area (Å²) in [7, 11) is 0. The van der Waals surface area contributed by atoms with Crippen LogP contribution in [0.3, 0.4) is 0 Å². The zero-order chi connectivity index (χ0) is 14.0. The number of pyridine rings is 1. The van der Waals surface area contributed by atoms with E-state index in [4.69, 9.17) is 10.9 Å². The van der Waals surface area contributed by atoms with E-state index in [1.54, 1.807) is 6.20 Å². The molecule has 2 rings (SSSR count). The summed E-state index contributed by atoms with van der Waals surface area (Å²) in [4.78, 5) is 6.77. The SMILES string of the molecule is Cc1ccnc(N2CCCC2C(C)C)c1/C(N)=N/O. The Morgan fingerprint density at radius 1 is 1.58 bits per heavy atom. The second-order valence-corrected chi connectivity index (χ2v) is 5.46. The molecule has 0 radical (unpaired) electrons. The van der Waals surface area contributed by atoms with Gasteiger partial charge < -0.3 is 15.8 Å². The highest BCUT2D eigenvalue weighted by Gasteiger charge is 2.30. The smallest absolute Gasteiger partial charge is 0.174 e. The molecule has 2 heterocycles. The highest BCUT2D eigenvalue weighted by atomic mass is 16.4. The first-order valence-corrected chi connectivity index (χ1v) is 6.76. The lowest BCUT2D eigenvalue weighted by molar-refractivity contribution is 0.318. The van der Waals surface area contributed by atoms with E-state index in [1.165, 1.54) is 6.42 Å². The first-order valence-electron chi connectivity index (χ1n) is 6.76. The Hall–Kier alpha value is -1.78. The van der Waals surface area contributed by atoms with Gasteiger partial charge >= 0.3 is 0 Å². The number of aryl methyl sites for hydroxylation is 1. The fourth-order valence-corrected chi connectivity index (χ4v) is 2.88. The lowest BCUT2D eigenvalue weighted by Gasteiger charge is -2.30. The molecule has 0 aliphatic carbocycles. The van der Waals surface area contributed by atoms with Crippen molar-refractivity contribution in [2.24, 2.45) is 16.8 Å². The second kappa shape index (κ2) is 5.47. The maximum Gasteiger partial charge on any atom is 0.174 e. The largest absolute Gasteiger partial charge is 0.409 e. The van der Waals surface area contributed by atoms with Crippen LogP contribution in [-0.2, 0) is 0 Å². The quantitative estimate of drug-likeness (QED) is 0.378. The minimum absolute atomic E-state index is 0.134. The Balaban J connectivity index is 2.47. The van der Waals surface area contributed by atoms with E-state index in [9.17, 15) is 0 Å². The second-order valence-electron chi connectivity index (χ2n) is 5.46. The molecule has 0 amide bonds. The van der Waals surface area contributed by atoms with Crippen molar-refractivity contribution in [3.63, 3.8) is 0 Å². The van der Waals surface area contributed by atoms with Crippen LogP contribution in [0, 0.1) is 12.8 Å². The van der Waals surface area contributed by atoms with Crippen LogP contribution in [0.2, 0.25) is 0 Å². The van der Waals surface area contributed by atoms with Crippen LogP contribution in [0.1, 0.15) is 37.8 Å². The van der Waals surface area contributed by atoms with E-state index in [1.807, 2.05) is 13.0 Å². The Morgan fingerprint density at radius 2 is 2.32 bits per heavy atom. The first-order chi connectivity index (χ1) is 9.06. The maximum absolute atomic E-state index is 8.97. The van der Waals surface area contributed by atoms with E-state index in [2.05, 4.69) is 28.9 Å². The van der Waals surface area contributed by atoms with Crippen LogP contribution >= 0.6 is 0 Å². The molecule has 5 heteroatoms. The van der Waals surface area contributed by atoms with E-state index in [0.29, 0.717) is 12.0 Å². The number of nitrogens with zero attached hydrogens (tertiary/aromatic N) is 3. The lowest BCUT2D eigenvalue weighted by atomic mass is 10.0. The summed E-state index contributed by atoms with van der Waals surface area (Å²) in [6.45, 7) is 7.38. The molecule has 0 bridgehead atoms. The number of amidine groups is 1. The third kappa shape index (κ3) is 2.50. The van der Waals surface area contributed by atoms with Gasteiger partial charge in [-0.15, -0.1) is 0 Å². The van der Waals surface area contributed by atoms with Crippen LogP contribution in [0.25, 0.3) is 0 Å². The van der Waals surface area contributed by atoms with Crippen molar-refractivity contribution in [1.29, 1.82) is 0 Å². The van der Waals surface area contributed by atoms with Gasteiger partial charge in [0, 0.05) is 18.8 Å². The predicted octanol–water partition coefficient (Wildman–Crippen LogP) is 2.11. The van der Waals surface area contributed by atoms with Crippen molar-refractivity contribution in [3.8, 4) is 0 Å². The van der Waals surface area contributed by atoms with Crippen molar-refractivity contribution in [3.05, 3.63) is 23.4 Å². The number of aromatic nitrogens is 1. The number of nitrogens with two attached hydrogens (primary N) is 1. The molecule has 1 atom stereocenters. The van der Waals surface area contributed by atoms with Gasteiger partial charge in [-0.25, -0.2) is 4.98 Å². The summed E-state index contributed by atoms with van der Waals surface area (Å²) >= 11 is 0. The van der Waals surface area contributed by atoms with Crippen LogP contribution in [0.15, 0.2) is 17.4 Å². The average Bonchev–Trinajstić information content (AvgIpc) is 2.86. The average molecular weight is 262 g/mol. The molecule has 5 nitrogen and oxygen atoms in total. The summed E-state index contributed by atoms with van der Waals surface area (Å²) < 4.78 is 0. The molecule has 0 aromatic carbocycles. The molecule has 1 aromatic heterocycles. The highest BCUT2D eigenvalue weighted by Crippen LogP contribution is 2.31. The van der Waals surface area contributed by atoms with Gasteiger partial charge in [-0.2, -0.15) is 0 Å². The fourth-order valence-electron chi connectivity index (χ4n) is 2.88.